The number of nitrogens with zero attached hydrogens (tertiary/aromatic N) is 2. The Morgan fingerprint density at radius 2 is 1.70 bits per heavy atom. The molecule has 0 amide bonds. The van der Waals surface area contributed by atoms with Gasteiger partial charge in [-0.3, -0.25) is 0 Å². The van der Waals surface area contributed by atoms with E-state index < -0.39 is 0 Å². The number of nitrogens with one attached hydrogen (secondary N) is 1. The highest BCUT2D eigenvalue weighted by Gasteiger charge is 2.30. The molecule has 3 aliphatic rings. The maximum Gasteiger partial charge on any atom is 0.132 e. The van der Waals surface area contributed by atoms with Gasteiger partial charge in [-0.25, -0.2) is 0 Å². The fourth-order valence-electron chi connectivity index (χ4n) is 4.44. The molecule has 0 heterocycles. The lowest BCUT2D eigenvalue weighted by Gasteiger charge is -2.34. The van der Waals surface area contributed by atoms with Crippen molar-refractivity contribution < 1.29 is 4.90 Å². The van der Waals surface area contributed by atoms with Gasteiger partial charge in [-0.2, -0.15) is 10.5 Å². The van der Waals surface area contributed by atoms with Crippen molar-refractivity contribution in [2.24, 2.45) is 5.92 Å². The zero-order valence-corrected chi connectivity index (χ0v) is 14.1. The molecular weight excluding hydrogens is 282 g/mol. The van der Waals surface area contributed by atoms with Crippen molar-refractivity contribution in [2.75, 3.05) is 7.05 Å². The Hall–Kier alpha value is -1.84. The number of nitriles is 2. The van der Waals surface area contributed by atoms with Gasteiger partial charge >= 0.3 is 0 Å². The molecule has 0 radical (unpaired) electrons. The summed E-state index contributed by atoms with van der Waals surface area (Å²) in [6.45, 7) is 0. The molecule has 0 saturated heterocycles. The van der Waals surface area contributed by atoms with Gasteiger partial charge in [0.25, 0.3) is 0 Å². The molecule has 3 nitrogen and oxygen atoms in total. The highest BCUT2D eigenvalue weighted by molar-refractivity contribution is 5.49. The SMILES string of the molecule is C[NH+](C1=CC2=CC(=C(C#N)C#N)CC[C@H]2CC1)C1CCCCC1. The predicted molar refractivity (Wildman–Crippen MR) is 90.1 cm³/mol. The van der Waals surface area contributed by atoms with E-state index in [1.54, 1.807) is 4.90 Å². The van der Waals surface area contributed by atoms with Crippen molar-refractivity contribution in [3.63, 3.8) is 0 Å². The van der Waals surface area contributed by atoms with E-state index in [0.717, 1.165) is 24.5 Å². The van der Waals surface area contributed by atoms with Crippen LogP contribution < -0.4 is 4.90 Å². The van der Waals surface area contributed by atoms with Crippen LogP contribution in [0.4, 0.5) is 0 Å². The van der Waals surface area contributed by atoms with Gasteiger partial charge < -0.3 is 4.90 Å². The van der Waals surface area contributed by atoms with Crippen LogP contribution in [0.5, 0.6) is 0 Å². The van der Waals surface area contributed by atoms with Gasteiger partial charge in [0.2, 0.25) is 0 Å². The minimum absolute atomic E-state index is 0.296. The predicted octanol–water partition coefficient (Wildman–Crippen LogP) is 3.19. The van der Waals surface area contributed by atoms with Crippen LogP contribution in [0, 0.1) is 28.6 Å². The lowest BCUT2D eigenvalue weighted by Crippen LogP contribution is -3.11. The van der Waals surface area contributed by atoms with Gasteiger partial charge in [-0.1, -0.05) is 12.5 Å². The van der Waals surface area contributed by atoms with E-state index in [0.29, 0.717) is 11.5 Å². The average Bonchev–Trinajstić information content (AvgIpc) is 2.62. The third-order valence-electron chi connectivity index (χ3n) is 5.95. The lowest BCUT2D eigenvalue weighted by molar-refractivity contribution is -0.870. The Morgan fingerprint density at radius 1 is 1.00 bits per heavy atom. The summed E-state index contributed by atoms with van der Waals surface area (Å²) in [7, 11) is 2.33. The first kappa shape index (κ1) is 16.0. The van der Waals surface area contributed by atoms with E-state index in [9.17, 15) is 0 Å². The second-order valence-electron chi connectivity index (χ2n) is 7.23. The Kier molecular flexibility index (Phi) is 4.99. The van der Waals surface area contributed by atoms with Gasteiger partial charge in [-0.15, -0.1) is 0 Å². The molecule has 0 aromatic heterocycles. The summed E-state index contributed by atoms with van der Waals surface area (Å²) in [6, 6.07) is 4.88. The number of allylic oxidation sites excluding steroid dienone is 6. The number of rotatable bonds is 2. The summed E-state index contributed by atoms with van der Waals surface area (Å²) in [6.07, 6.45) is 15.7. The fourth-order valence-corrected chi connectivity index (χ4v) is 4.44. The minimum atomic E-state index is 0.296. The highest BCUT2D eigenvalue weighted by atomic mass is 15.1. The first-order valence-electron chi connectivity index (χ1n) is 9.02. The van der Waals surface area contributed by atoms with E-state index in [1.807, 2.05) is 0 Å². The Morgan fingerprint density at radius 3 is 2.39 bits per heavy atom. The smallest absolute Gasteiger partial charge is 0.132 e. The molecule has 3 aliphatic carbocycles. The van der Waals surface area contributed by atoms with E-state index in [-0.39, 0.29) is 0 Å². The van der Waals surface area contributed by atoms with Crippen LogP contribution in [-0.2, 0) is 0 Å². The number of fused-ring (bicyclic) bond motifs is 1. The fraction of sp³-hybridized carbons (Fsp3) is 0.600. The van der Waals surface area contributed by atoms with E-state index in [2.05, 4.69) is 31.3 Å². The van der Waals surface area contributed by atoms with Crippen molar-refractivity contribution in [1.82, 2.24) is 0 Å². The molecule has 0 bridgehead atoms. The molecule has 1 saturated carbocycles. The maximum atomic E-state index is 9.11. The molecule has 3 rings (SSSR count). The first-order valence-corrected chi connectivity index (χ1v) is 9.02. The van der Waals surface area contributed by atoms with E-state index >= 15 is 0 Å². The summed E-state index contributed by atoms with van der Waals surface area (Å²) >= 11 is 0. The second-order valence-corrected chi connectivity index (χ2v) is 7.23. The van der Waals surface area contributed by atoms with Crippen molar-refractivity contribution in [3.05, 3.63) is 34.6 Å². The van der Waals surface area contributed by atoms with E-state index in [4.69, 9.17) is 10.5 Å². The molecule has 1 unspecified atom stereocenters. The molecule has 0 aromatic rings. The van der Waals surface area contributed by atoms with Crippen LogP contribution in [0.2, 0.25) is 0 Å². The quantitative estimate of drug-likeness (QED) is 0.797. The summed E-state index contributed by atoms with van der Waals surface area (Å²) in [5.74, 6) is 0.625. The zero-order valence-electron chi connectivity index (χ0n) is 14.1. The lowest BCUT2D eigenvalue weighted by atomic mass is 9.77. The van der Waals surface area contributed by atoms with Crippen LogP contribution in [0.3, 0.4) is 0 Å². The van der Waals surface area contributed by atoms with Gasteiger partial charge in [0.1, 0.15) is 23.4 Å². The molecule has 1 fully saturated rings. The first-order chi connectivity index (χ1) is 11.2. The number of hydrogen-bond donors (Lipinski definition) is 1. The molecular formula is C20H26N3+. The Bertz CT molecular complexity index is 617. The van der Waals surface area contributed by atoms with Crippen molar-refractivity contribution in [3.8, 4) is 12.1 Å². The molecule has 3 heteroatoms. The summed E-state index contributed by atoms with van der Waals surface area (Å²) < 4.78 is 0. The molecule has 0 aromatic carbocycles. The Balaban J connectivity index is 1.84. The topological polar surface area (TPSA) is 52.0 Å². The Labute approximate surface area is 139 Å². The van der Waals surface area contributed by atoms with Gasteiger partial charge in [0, 0.05) is 6.42 Å². The second kappa shape index (κ2) is 7.16. The summed E-state index contributed by atoms with van der Waals surface area (Å²) in [4.78, 5) is 1.60. The van der Waals surface area contributed by atoms with Crippen molar-refractivity contribution >= 4 is 0 Å². The van der Waals surface area contributed by atoms with Crippen LogP contribution in [0.15, 0.2) is 34.6 Å². The largest absolute Gasteiger partial charge is 0.306 e. The molecule has 1 N–H and O–H groups in total. The maximum absolute atomic E-state index is 9.11. The van der Waals surface area contributed by atoms with Crippen molar-refractivity contribution in [2.45, 2.75) is 63.8 Å². The summed E-state index contributed by atoms with van der Waals surface area (Å²) in [5, 5.41) is 18.2. The number of quaternary nitrogens is 1. The van der Waals surface area contributed by atoms with Crippen molar-refractivity contribution in [1.29, 1.82) is 10.5 Å². The average molecular weight is 308 g/mol. The molecule has 23 heavy (non-hydrogen) atoms. The summed E-state index contributed by atoms with van der Waals surface area (Å²) in [5.41, 5.74) is 4.11. The molecule has 2 atom stereocenters. The van der Waals surface area contributed by atoms with Crippen LogP contribution in [0.25, 0.3) is 0 Å². The third-order valence-corrected chi connectivity index (χ3v) is 5.95. The van der Waals surface area contributed by atoms with Gasteiger partial charge in [0.15, 0.2) is 0 Å². The monoisotopic (exact) mass is 308 g/mol. The van der Waals surface area contributed by atoms with Crippen LogP contribution in [0.1, 0.15) is 57.8 Å². The standard InChI is InChI=1S/C20H25N3/c1-23(19-5-3-2-4-6-19)20-10-9-15-7-8-16(11-17(15)12-20)18(13-21)14-22/h11-12,15,19H,2-10H2,1H3/p+1/t15-/m0/s1. The minimum Gasteiger partial charge on any atom is -0.306 e. The number of hydrogen-bond acceptors (Lipinski definition) is 2. The zero-order chi connectivity index (χ0) is 16.2. The molecule has 120 valence electrons. The third kappa shape index (κ3) is 3.41. The van der Waals surface area contributed by atoms with Gasteiger partial charge in [0.05, 0.1) is 13.1 Å². The molecule has 0 spiro atoms. The van der Waals surface area contributed by atoms with Gasteiger partial charge in [-0.05, 0) is 68.1 Å². The van der Waals surface area contributed by atoms with Crippen LogP contribution in [-0.4, -0.2) is 13.1 Å². The van der Waals surface area contributed by atoms with Crippen LogP contribution >= 0.6 is 0 Å². The van der Waals surface area contributed by atoms with E-state index in [1.165, 1.54) is 56.2 Å². The normalized spacial score (nSPS) is 26.2. The molecule has 0 aliphatic heterocycles. The highest BCUT2D eigenvalue weighted by Crippen LogP contribution is 2.37.